The van der Waals surface area contributed by atoms with Crippen LogP contribution in [0, 0.1) is 17.5 Å². The van der Waals surface area contributed by atoms with E-state index in [9.17, 15) is 18.3 Å². The molecular weight excluding hydrogens is 605 g/mol. The Morgan fingerprint density at radius 3 is 2.43 bits per heavy atom. The number of nitrogens with zero attached hydrogens (tertiary/aromatic N) is 6. The molecule has 4 N–H and O–H groups in total. The highest BCUT2D eigenvalue weighted by molar-refractivity contribution is 5.92. The first-order valence-electron chi connectivity index (χ1n) is 15.4. The maximum atomic E-state index is 14.8. The summed E-state index contributed by atoms with van der Waals surface area (Å²) in [4.78, 5) is 14.0. The van der Waals surface area contributed by atoms with Crippen molar-refractivity contribution in [1.82, 2.24) is 24.8 Å². The van der Waals surface area contributed by atoms with E-state index in [2.05, 4.69) is 31.3 Å². The minimum absolute atomic E-state index is 0.0169. The van der Waals surface area contributed by atoms with Gasteiger partial charge in [-0.15, -0.1) is 0 Å². The van der Waals surface area contributed by atoms with E-state index in [1.807, 2.05) is 28.9 Å². The summed E-state index contributed by atoms with van der Waals surface area (Å²) in [7, 11) is 0. The molecule has 0 saturated carbocycles. The number of aliphatic imine (C=N–C) groups is 2. The van der Waals surface area contributed by atoms with Gasteiger partial charge in [0.15, 0.2) is 0 Å². The average molecular weight is 641 g/mol. The Kier molecular flexibility index (Phi) is 9.71. The molecule has 12 heteroatoms. The number of rotatable bonds is 11. The first kappa shape index (κ1) is 32.0. The van der Waals surface area contributed by atoms with E-state index in [0.29, 0.717) is 19.6 Å². The van der Waals surface area contributed by atoms with E-state index in [4.69, 9.17) is 10.8 Å². The number of nitrogens with two attached hydrogens (primary N) is 1. The van der Waals surface area contributed by atoms with E-state index in [0.717, 1.165) is 64.8 Å². The summed E-state index contributed by atoms with van der Waals surface area (Å²) in [5.41, 5.74) is 9.03. The first-order valence-corrected chi connectivity index (χ1v) is 15.4. The molecule has 0 spiro atoms. The number of hydrogen-bond acceptors (Lipinski definition) is 6. The van der Waals surface area contributed by atoms with Crippen LogP contribution in [-0.2, 0) is 12.1 Å². The van der Waals surface area contributed by atoms with Crippen LogP contribution in [0.2, 0.25) is 0 Å². The number of aliphatic hydroxyl groups is 1. The molecule has 1 aliphatic heterocycles. The summed E-state index contributed by atoms with van der Waals surface area (Å²) in [6, 6.07) is 17.7. The highest BCUT2D eigenvalue weighted by atomic mass is 19.1. The van der Waals surface area contributed by atoms with Gasteiger partial charge in [-0.2, -0.15) is 5.10 Å². The van der Waals surface area contributed by atoms with Crippen LogP contribution in [0.1, 0.15) is 24.0 Å². The summed E-state index contributed by atoms with van der Waals surface area (Å²) in [6.45, 7) is 1.92. The van der Waals surface area contributed by atoms with Crippen molar-refractivity contribution in [1.29, 1.82) is 0 Å². The summed E-state index contributed by atoms with van der Waals surface area (Å²) in [5.74, 6) is -1.85. The average Bonchev–Trinajstić information content (AvgIpc) is 3.46. The fraction of sp³-hybridized carbons (Fsp3) is 0.257. The van der Waals surface area contributed by atoms with Crippen LogP contribution in [0.3, 0.4) is 0 Å². The second kappa shape index (κ2) is 14.2. The van der Waals surface area contributed by atoms with E-state index < -0.39 is 17.2 Å². The van der Waals surface area contributed by atoms with Gasteiger partial charge in [-0.3, -0.25) is 14.9 Å². The zero-order chi connectivity index (χ0) is 32.8. The fourth-order valence-corrected chi connectivity index (χ4v) is 6.10. The van der Waals surface area contributed by atoms with E-state index in [1.54, 1.807) is 24.5 Å². The second-order valence-electron chi connectivity index (χ2n) is 11.7. The topological polar surface area (TPSA) is 116 Å². The van der Waals surface area contributed by atoms with Gasteiger partial charge in [0.2, 0.25) is 0 Å². The van der Waals surface area contributed by atoms with Gasteiger partial charge in [0.1, 0.15) is 35.1 Å². The van der Waals surface area contributed by atoms with Crippen LogP contribution in [0.25, 0.3) is 27.9 Å². The number of fused-ring (bicyclic) bond motifs is 1. The molecule has 2 aromatic carbocycles. The highest BCUT2D eigenvalue weighted by Crippen LogP contribution is 2.35. The maximum absolute atomic E-state index is 14.8. The van der Waals surface area contributed by atoms with Crippen LogP contribution in [0.4, 0.5) is 13.2 Å². The third-order valence-electron chi connectivity index (χ3n) is 8.46. The molecule has 3 aromatic heterocycles. The lowest BCUT2D eigenvalue weighted by Gasteiger charge is -2.38. The van der Waals surface area contributed by atoms with Crippen LogP contribution in [0.5, 0.6) is 0 Å². The molecule has 1 fully saturated rings. The Hall–Kier alpha value is -4.91. The normalized spacial score (nSPS) is 16.0. The van der Waals surface area contributed by atoms with Crippen LogP contribution in [-0.4, -0.2) is 69.5 Å². The lowest BCUT2D eigenvalue weighted by molar-refractivity contribution is -0.00280. The lowest BCUT2D eigenvalue weighted by Crippen LogP contribution is -2.49. The number of nitrogens with one attached hydrogen (secondary N) is 1. The largest absolute Gasteiger partial charge is 0.390 e. The Morgan fingerprint density at radius 1 is 0.957 bits per heavy atom. The molecule has 0 radical (unpaired) electrons. The van der Waals surface area contributed by atoms with Gasteiger partial charge < -0.3 is 16.2 Å². The summed E-state index contributed by atoms with van der Waals surface area (Å²) in [6.07, 6.45) is 9.38. The second-order valence-corrected chi connectivity index (χ2v) is 11.7. The number of hydrogen-bond donors (Lipinski definition) is 3. The Labute approximate surface area is 270 Å². The van der Waals surface area contributed by atoms with Gasteiger partial charge in [0.25, 0.3) is 0 Å². The SMILES string of the molecule is NC=NC=NCC(O)(CN1CCC(NCc2ccc3c(-c4ccncc4)c(-c4ccc(F)cc4)nn3c2)CC1)c1ccc(F)cc1F. The third-order valence-corrected chi connectivity index (χ3v) is 8.46. The smallest absolute Gasteiger partial charge is 0.132 e. The van der Waals surface area contributed by atoms with E-state index in [1.165, 1.54) is 24.5 Å². The molecule has 47 heavy (non-hydrogen) atoms. The highest BCUT2D eigenvalue weighted by Gasteiger charge is 2.35. The van der Waals surface area contributed by atoms with Crippen molar-refractivity contribution in [3.8, 4) is 22.4 Å². The Morgan fingerprint density at radius 2 is 1.70 bits per heavy atom. The van der Waals surface area contributed by atoms with Gasteiger partial charge in [-0.05, 0) is 85.6 Å². The monoisotopic (exact) mass is 640 g/mol. The number of pyridine rings is 2. The van der Waals surface area contributed by atoms with Gasteiger partial charge in [-0.25, -0.2) is 22.7 Å². The minimum atomic E-state index is -1.68. The molecular formula is C35H35F3N8O. The van der Waals surface area contributed by atoms with Crippen molar-refractivity contribution in [2.75, 3.05) is 26.2 Å². The van der Waals surface area contributed by atoms with Crippen molar-refractivity contribution in [3.05, 3.63) is 114 Å². The van der Waals surface area contributed by atoms with Crippen molar-refractivity contribution >= 4 is 18.2 Å². The van der Waals surface area contributed by atoms with Crippen molar-refractivity contribution in [3.63, 3.8) is 0 Å². The third kappa shape index (κ3) is 7.40. The molecule has 1 saturated heterocycles. The molecule has 1 unspecified atom stereocenters. The zero-order valence-corrected chi connectivity index (χ0v) is 25.6. The van der Waals surface area contributed by atoms with E-state index in [-0.39, 0.29) is 30.5 Å². The number of piperidine rings is 1. The van der Waals surface area contributed by atoms with Gasteiger partial charge in [-0.1, -0.05) is 12.1 Å². The molecule has 0 aliphatic carbocycles. The van der Waals surface area contributed by atoms with Crippen molar-refractivity contribution in [2.45, 2.75) is 31.0 Å². The summed E-state index contributed by atoms with van der Waals surface area (Å²) >= 11 is 0. The molecule has 0 amide bonds. The quantitative estimate of drug-likeness (QED) is 0.139. The number of halogens is 3. The zero-order valence-electron chi connectivity index (χ0n) is 25.6. The molecule has 0 bridgehead atoms. The minimum Gasteiger partial charge on any atom is -0.390 e. The number of likely N-dealkylation sites (tertiary alicyclic amines) is 1. The standard InChI is InChI=1S/C35H35F3N8O/c36-27-4-2-26(3-5-27)34-33(25-9-13-40-14-10-25)32-8-1-24(19-46(32)44-34)18-43-29-11-15-45(16-12-29)21-35(47,20-41-23-42-22-39)30-7-6-28(37)17-31(30)38/h1-10,13-14,17,19,22-23,29,43,47H,11-12,15-16,18,20-21H2,(H2,39,41,42). The maximum Gasteiger partial charge on any atom is 0.132 e. The number of aromatic nitrogens is 3. The molecule has 4 heterocycles. The molecule has 6 rings (SSSR count). The van der Waals surface area contributed by atoms with Gasteiger partial charge >= 0.3 is 0 Å². The molecule has 1 atom stereocenters. The number of benzene rings is 2. The predicted molar refractivity (Wildman–Crippen MR) is 176 cm³/mol. The predicted octanol–water partition coefficient (Wildman–Crippen LogP) is 4.94. The number of β-amino-alcohol motifs (C(OH)–C–C–N with tert-alkyl or cyclic N) is 1. The van der Waals surface area contributed by atoms with Crippen molar-refractivity contribution in [2.24, 2.45) is 15.7 Å². The van der Waals surface area contributed by atoms with Gasteiger partial charge in [0.05, 0.1) is 18.4 Å². The lowest BCUT2D eigenvalue weighted by atomic mass is 9.91. The fourth-order valence-electron chi connectivity index (χ4n) is 6.10. The van der Waals surface area contributed by atoms with Crippen LogP contribution < -0.4 is 11.1 Å². The van der Waals surface area contributed by atoms with Crippen molar-refractivity contribution < 1.29 is 18.3 Å². The van der Waals surface area contributed by atoms with Crippen LogP contribution in [0.15, 0.2) is 95.3 Å². The summed E-state index contributed by atoms with van der Waals surface area (Å²) < 4.78 is 43.9. The molecule has 5 aromatic rings. The molecule has 242 valence electrons. The molecule has 1 aliphatic rings. The first-order chi connectivity index (χ1) is 22.8. The van der Waals surface area contributed by atoms with Gasteiger partial charge in [0, 0.05) is 60.5 Å². The Bertz CT molecular complexity index is 1870. The Balaban J connectivity index is 1.13. The van der Waals surface area contributed by atoms with Crippen LogP contribution >= 0.6 is 0 Å². The van der Waals surface area contributed by atoms with E-state index >= 15 is 0 Å². The molecule has 9 nitrogen and oxygen atoms in total. The summed E-state index contributed by atoms with van der Waals surface area (Å²) in [5, 5.41) is 20.1.